The molecule has 0 fully saturated rings. The number of hydrogen-bond donors (Lipinski definition) is 3. The predicted octanol–water partition coefficient (Wildman–Crippen LogP) is 4.31. The van der Waals surface area contributed by atoms with Gasteiger partial charge in [0.15, 0.2) is 0 Å². The topological polar surface area (TPSA) is 113 Å². The van der Waals surface area contributed by atoms with E-state index in [9.17, 15) is 23.1 Å². The number of benzene rings is 4. The van der Waals surface area contributed by atoms with Gasteiger partial charge >= 0.3 is 0 Å². The summed E-state index contributed by atoms with van der Waals surface area (Å²) in [6, 6.07) is 25.0. The van der Waals surface area contributed by atoms with Crippen LogP contribution in [-0.2, 0) is 22.8 Å². The van der Waals surface area contributed by atoms with E-state index in [1.54, 1.807) is 24.3 Å². The Kier molecular flexibility index (Phi) is 6.03. The first kappa shape index (κ1) is 23.3. The monoisotopic (exact) mass is 498 g/mol. The second-order valence-electron chi connectivity index (χ2n) is 8.51. The average molecular weight is 499 g/mol. The van der Waals surface area contributed by atoms with E-state index in [-0.39, 0.29) is 38.9 Å². The van der Waals surface area contributed by atoms with Gasteiger partial charge in [-0.05, 0) is 65.6 Å². The van der Waals surface area contributed by atoms with Crippen molar-refractivity contribution in [1.82, 2.24) is 5.32 Å². The average Bonchev–Trinajstić information content (AvgIpc) is 2.96. The van der Waals surface area contributed by atoms with Crippen molar-refractivity contribution in [2.45, 2.75) is 22.8 Å². The molecule has 36 heavy (non-hydrogen) atoms. The third-order valence-corrected chi connectivity index (χ3v) is 7.86. The van der Waals surface area contributed by atoms with Crippen LogP contribution in [0.2, 0.25) is 0 Å². The van der Waals surface area contributed by atoms with Crippen molar-refractivity contribution in [2.24, 2.45) is 0 Å². The fraction of sp³-hybridized carbons (Fsp3) is 0.0714. The Morgan fingerprint density at radius 2 is 1.56 bits per heavy atom. The Hall–Kier alpha value is -4.43. The lowest BCUT2D eigenvalue weighted by molar-refractivity contribution is 0.0949. The molecule has 5 rings (SSSR count). The third kappa shape index (κ3) is 4.58. The highest BCUT2D eigenvalue weighted by molar-refractivity contribution is 7.91. The number of sulfone groups is 1. The molecule has 0 radical (unpaired) electrons. The zero-order chi connectivity index (χ0) is 25.3. The minimum atomic E-state index is -3.93. The molecule has 4 aromatic carbocycles. The van der Waals surface area contributed by atoms with Crippen LogP contribution in [0.1, 0.15) is 37.4 Å². The van der Waals surface area contributed by atoms with E-state index in [1.807, 2.05) is 36.4 Å². The number of hydrogen-bond acceptors (Lipinski definition) is 5. The van der Waals surface area contributed by atoms with Gasteiger partial charge in [0.2, 0.25) is 9.84 Å². The molecule has 1 heterocycles. The number of carbonyl (C=O) groups is 2. The Labute approximate surface area is 208 Å². The highest BCUT2D eigenvalue weighted by atomic mass is 32.2. The Bertz CT molecular complexity index is 1590. The molecule has 0 saturated heterocycles. The third-order valence-electron chi connectivity index (χ3n) is 5.99. The maximum Gasteiger partial charge on any atom is 0.257 e. The fourth-order valence-electron chi connectivity index (χ4n) is 4.18. The Morgan fingerprint density at radius 3 is 2.36 bits per heavy atom. The molecule has 3 N–H and O–H groups in total. The molecule has 0 aromatic heterocycles. The van der Waals surface area contributed by atoms with Crippen molar-refractivity contribution in [1.29, 1.82) is 0 Å². The van der Waals surface area contributed by atoms with Crippen molar-refractivity contribution < 1.29 is 23.1 Å². The number of carbonyl (C=O) groups excluding carboxylic acids is 2. The molecule has 0 bridgehead atoms. The molecule has 0 aliphatic carbocycles. The first-order chi connectivity index (χ1) is 17.3. The summed E-state index contributed by atoms with van der Waals surface area (Å²) in [6.45, 7) is 0.273. The molecule has 1 aliphatic heterocycles. The van der Waals surface area contributed by atoms with Crippen molar-refractivity contribution in [3.8, 4) is 5.75 Å². The second kappa shape index (κ2) is 9.31. The van der Waals surface area contributed by atoms with E-state index < -0.39 is 21.7 Å². The van der Waals surface area contributed by atoms with Crippen LogP contribution < -0.4 is 10.6 Å². The minimum Gasteiger partial charge on any atom is -0.508 e. The highest BCUT2D eigenvalue weighted by Gasteiger charge is 2.31. The summed E-state index contributed by atoms with van der Waals surface area (Å²) < 4.78 is 26.3. The van der Waals surface area contributed by atoms with Crippen molar-refractivity contribution >= 4 is 27.3 Å². The molecule has 1 aliphatic rings. The van der Waals surface area contributed by atoms with Crippen molar-refractivity contribution in [3.63, 3.8) is 0 Å². The summed E-state index contributed by atoms with van der Waals surface area (Å²) in [5, 5.41) is 14.9. The number of anilines is 1. The molecule has 7 nitrogen and oxygen atoms in total. The summed E-state index contributed by atoms with van der Waals surface area (Å²) in [5.41, 5.74) is 3.38. The number of amides is 2. The molecule has 0 saturated carbocycles. The molecule has 0 spiro atoms. The van der Waals surface area contributed by atoms with Crippen molar-refractivity contribution in [3.05, 3.63) is 119 Å². The lowest BCUT2D eigenvalue weighted by Crippen LogP contribution is -2.23. The second-order valence-corrected chi connectivity index (χ2v) is 10.4. The van der Waals surface area contributed by atoms with Gasteiger partial charge in [0, 0.05) is 12.1 Å². The van der Waals surface area contributed by atoms with Gasteiger partial charge < -0.3 is 15.7 Å². The molecular weight excluding hydrogens is 476 g/mol. The number of phenols is 1. The lowest BCUT2D eigenvalue weighted by Gasteiger charge is -2.11. The van der Waals surface area contributed by atoms with Gasteiger partial charge in [-0.1, -0.05) is 48.5 Å². The number of nitrogens with one attached hydrogen (secondary N) is 2. The molecule has 8 heteroatoms. The Balaban J connectivity index is 1.32. The van der Waals surface area contributed by atoms with E-state index in [0.717, 1.165) is 16.7 Å². The standard InChI is InChI=1S/C28H22N2O5S/c31-22-11-8-18(9-12-22)14-19-4-3-5-20(15-19)17-29-27(32)21-10-13-26-24(16-21)30-28(33)23-6-1-2-7-25(23)36(26,34)35/h1-13,15-16,31H,14,17H2,(H,29,32)(H,30,33). The van der Waals surface area contributed by atoms with Gasteiger partial charge in [-0.3, -0.25) is 9.59 Å². The molecule has 4 aromatic rings. The molecule has 2 amide bonds. The first-order valence-corrected chi connectivity index (χ1v) is 12.7. The van der Waals surface area contributed by atoms with Crippen LogP contribution >= 0.6 is 0 Å². The van der Waals surface area contributed by atoms with Gasteiger partial charge in [-0.15, -0.1) is 0 Å². The lowest BCUT2D eigenvalue weighted by atomic mass is 10.0. The number of fused-ring (bicyclic) bond motifs is 2. The van der Waals surface area contributed by atoms with E-state index in [0.29, 0.717) is 6.42 Å². The van der Waals surface area contributed by atoms with E-state index in [2.05, 4.69) is 10.6 Å². The zero-order valence-electron chi connectivity index (χ0n) is 19.1. The first-order valence-electron chi connectivity index (χ1n) is 11.2. The minimum absolute atomic E-state index is 0.0562. The van der Waals surface area contributed by atoms with Gasteiger partial charge in [0.1, 0.15) is 5.75 Å². The summed E-state index contributed by atoms with van der Waals surface area (Å²) in [7, 11) is -3.93. The normalized spacial score (nSPS) is 13.6. The van der Waals surface area contributed by atoms with Crippen LogP contribution in [0.4, 0.5) is 5.69 Å². The SMILES string of the molecule is O=C(NCc1cccc(Cc2ccc(O)cc2)c1)c1ccc2c(c1)NC(=O)c1ccccc1S2(=O)=O. The van der Waals surface area contributed by atoms with E-state index in [1.165, 1.54) is 30.3 Å². The van der Waals surface area contributed by atoms with Crippen molar-refractivity contribution in [2.75, 3.05) is 5.32 Å². The predicted molar refractivity (Wildman–Crippen MR) is 135 cm³/mol. The van der Waals surface area contributed by atoms with Gasteiger partial charge in [-0.25, -0.2) is 8.42 Å². The smallest absolute Gasteiger partial charge is 0.257 e. The van der Waals surface area contributed by atoms with E-state index >= 15 is 0 Å². The van der Waals surface area contributed by atoms with Crippen LogP contribution in [0.15, 0.2) is 101 Å². The highest BCUT2D eigenvalue weighted by Crippen LogP contribution is 2.34. The Morgan fingerprint density at radius 1 is 0.806 bits per heavy atom. The van der Waals surface area contributed by atoms with Crippen LogP contribution in [0.25, 0.3) is 0 Å². The largest absolute Gasteiger partial charge is 0.508 e. The quantitative estimate of drug-likeness (QED) is 0.380. The number of phenolic OH excluding ortho intramolecular Hbond substituents is 1. The number of rotatable bonds is 5. The van der Waals surface area contributed by atoms with Crippen LogP contribution in [0.3, 0.4) is 0 Å². The van der Waals surface area contributed by atoms with Crippen LogP contribution in [-0.4, -0.2) is 25.3 Å². The van der Waals surface area contributed by atoms with Gasteiger partial charge in [0.05, 0.1) is 21.0 Å². The summed E-state index contributed by atoms with van der Waals surface area (Å²) in [4.78, 5) is 25.4. The summed E-state index contributed by atoms with van der Waals surface area (Å²) in [5.74, 6) is -0.721. The van der Waals surface area contributed by atoms with Crippen LogP contribution in [0, 0.1) is 0 Å². The molecule has 0 unspecified atom stereocenters. The zero-order valence-corrected chi connectivity index (χ0v) is 19.9. The maximum atomic E-state index is 13.1. The fourth-order valence-corrected chi connectivity index (χ4v) is 5.77. The van der Waals surface area contributed by atoms with E-state index in [4.69, 9.17) is 0 Å². The molecule has 0 atom stereocenters. The number of aromatic hydroxyl groups is 1. The maximum absolute atomic E-state index is 13.1. The summed E-state index contributed by atoms with van der Waals surface area (Å²) >= 11 is 0. The molecular formula is C28H22N2O5S. The van der Waals surface area contributed by atoms with Gasteiger partial charge in [0.25, 0.3) is 11.8 Å². The van der Waals surface area contributed by atoms with Gasteiger partial charge in [-0.2, -0.15) is 0 Å². The molecule has 180 valence electrons. The summed E-state index contributed by atoms with van der Waals surface area (Å²) in [6.07, 6.45) is 0.684. The van der Waals surface area contributed by atoms with Crippen LogP contribution in [0.5, 0.6) is 5.75 Å².